The van der Waals surface area contributed by atoms with E-state index in [4.69, 9.17) is 0 Å². The Bertz CT molecular complexity index is 226. The molecule has 0 saturated carbocycles. The van der Waals surface area contributed by atoms with Crippen LogP contribution < -0.4 is 0 Å². The van der Waals surface area contributed by atoms with Crippen molar-refractivity contribution in [3.05, 3.63) is 0 Å². The molecule has 0 aromatic rings. The SMILES string of the molecule is CCCC(C)C(CC(C)(C)C)C(C)CN(C)C(C)C. The third-order valence-corrected chi connectivity index (χ3v) is 4.51. The molecule has 0 aromatic heterocycles. The number of rotatable bonds is 8. The summed E-state index contributed by atoms with van der Waals surface area (Å²) < 4.78 is 0. The molecule has 1 nitrogen and oxygen atoms in total. The lowest BCUT2D eigenvalue weighted by Gasteiger charge is -2.37. The molecule has 19 heavy (non-hydrogen) atoms. The van der Waals surface area contributed by atoms with Gasteiger partial charge >= 0.3 is 0 Å². The molecule has 0 rings (SSSR count). The van der Waals surface area contributed by atoms with Gasteiger partial charge in [0.1, 0.15) is 0 Å². The molecule has 0 amide bonds. The quantitative estimate of drug-likeness (QED) is 0.566. The van der Waals surface area contributed by atoms with Crippen molar-refractivity contribution >= 4 is 0 Å². The Hall–Kier alpha value is -0.0400. The third kappa shape index (κ3) is 7.97. The lowest BCUT2D eigenvalue weighted by molar-refractivity contribution is 0.123. The number of hydrogen-bond acceptors (Lipinski definition) is 1. The molecule has 0 saturated heterocycles. The standard InChI is InChI=1S/C18H39N/c1-10-11-15(4)17(12-18(6,7)8)16(5)13-19(9)14(2)3/h14-17H,10-13H2,1-9H3. The molecule has 0 spiro atoms. The van der Waals surface area contributed by atoms with Crippen LogP contribution in [0, 0.1) is 23.2 Å². The highest BCUT2D eigenvalue weighted by Crippen LogP contribution is 2.36. The van der Waals surface area contributed by atoms with Crippen molar-refractivity contribution in [3.63, 3.8) is 0 Å². The lowest BCUT2D eigenvalue weighted by atomic mass is 9.72. The molecule has 116 valence electrons. The lowest BCUT2D eigenvalue weighted by Crippen LogP contribution is -2.36. The van der Waals surface area contributed by atoms with Crippen LogP contribution in [0.5, 0.6) is 0 Å². The van der Waals surface area contributed by atoms with E-state index < -0.39 is 0 Å². The van der Waals surface area contributed by atoms with Crippen LogP contribution in [0.15, 0.2) is 0 Å². The molecule has 0 radical (unpaired) electrons. The summed E-state index contributed by atoms with van der Waals surface area (Å²) in [5, 5.41) is 0. The smallest absolute Gasteiger partial charge is 0.00356 e. The van der Waals surface area contributed by atoms with E-state index in [0.29, 0.717) is 11.5 Å². The van der Waals surface area contributed by atoms with E-state index >= 15 is 0 Å². The average Bonchev–Trinajstić information content (AvgIpc) is 2.24. The highest BCUT2D eigenvalue weighted by Gasteiger charge is 2.28. The zero-order chi connectivity index (χ0) is 15.2. The molecule has 0 aliphatic rings. The van der Waals surface area contributed by atoms with Crippen LogP contribution in [-0.2, 0) is 0 Å². The summed E-state index contributed by atoms with van der Waals surface area (Å²) in [6.45, 7) is 20.2. The van der Waals surface area contributed by atoms with Gasteiger partial charge in [0, 0.05) is 12.6 Å². The minimum atomic E-state index is 0.442. The fourth-order valence-electron chi connectivity index (χ4n) is 3.14. The molecule has 0 aliphatic heterocycles. The zero-order valence-corrected chi connectivity index (χ0v) is 15.1. The van der Waals surface area contributed by atoms with Crippen molar-refractivity contribution in [1.29, 1.82) is 0 Å². The summed E-state index contributed by atoms with van der Waals surface area (Å²) in [7, 11) is 2.26. The molecular weight excluding hydrogens is 230 g/mol. The minimum absolute atomic E-state index is 0.442. The molecule has 1 heteroatoms. The van der Waals surface area contributed by atoms with Crippen molar-refractivity contribution in [1.82, 2.24) is 4.90 Å². The Kier molecular flexibility index (Phi) is 8.27. The molecular formula is C18H39N. The first-order valence-corrected chi connectivity index (χ1v) is 8.28. The van der Waals surface area contributed by atoms with E-state index in [1.165, 1.54) is 25.8 Å². The van der Waals surface area contributed by atoms with Gasteiger partial charge in [0.05, 0.1) is 0 Å². The Morgan fingerprint density at radius 1 is 0.947 bits per heavy atom. The molecule has 0 aliphatic carbocycles. The molecule has 0 heterocycles. The van der Waals surface area contributed by atoms with E-state index in [-0.39, 0.29) is 0 Å². The molecule has 0 N–H and O–H groups in total. The highest BCUT2D eigenvalue weighted by molar-refractivity contribution is 4.79. The van der Waals surface area contributed by atoms with Gasteiger partial charge in [-0.05, 0) is 50.5 Å². The van der Waals surface area contributed by atoms with Gasteiger partial charge in [-0.2, -0.15) is 0 Å². The first kappa shape index (κ1) is 19.0. The number of nitrogens with zero attached hydrogens (tertiary/aromatic N) is 1. The monoisotopic (exact) mass is 269 g/mol. The largest absolute Gasteiger partial charge is 0.304 e. The third-order valence-electron chi connectivity index (χ3n) is 4.51. The Labute approximate surface area is 123 Å². The second-order valence-corrected chi connectivity index (χ2v) is 8.21. The van der Waals surface area contributed by atoms with Crippen molar-refractivity contribution in [2.45, 2.75) is 80.7 Å². The summed E-state index contributed by atoms with van der Waals surface area (Å²) in [6, 6.07) is 0.652. The Morgan fingerprint density at radius 2 is 1.47 bits per heavy atom. The minimum Gasteiger partial charge on any atom is -0.304 e. The summed E-state index contributed by atoms with van der Waals surface area (Å²) in [4.78, 5) is 2.50. The van der Waals surface area contributed by atoms with Crippen molar-refractivity contribution in [2.75, 3.05) is 13.6 Å². The normalized spacial score (nSPS) is 17.8. The summed E-state index contributed by atoms with van der Waals surface area (Å²) in [5.74, 6) is 2.48. The van der Waals surface area contributed by atoms with Gasteiger partial charge in [0.2, 0.25) is 0 Å². The summed E-state index contributed by atoms with van der Waals surface area (Å²) in [6.07, 6.45) is 4.03. The van der Waals surface area contributed by atoms with Gasteiger partial charge in [-0.15, -0.1) is 0 Å². The van der Waals surface area contributed by atoms with Crippen LogP contribution in [0.3, 0.4) is 0 Å². The first-order valence-electron chi connectivity index (χ1n) is 8.28. The first-order chi connectivity index (χ1) is 8.58. The Balaban J connectivity index is 4.71. The fraction of sp³-hybridized carbons (Fsp3) is 1.00. The van der Waals surface area contributed by atoms with E-state index in [1.807, 2.05) is 0 Å². The van der Waals surface area contributed by atoms with E-state index in [9.17, 15) is 0 Å². The van der Waals surface area contributed by atoms with Gasteiger partial charge < -0.3 is 4.90 Å². The molecule has 0 bridgehead atoms. The summed E-state index contributed by atoms with van der Waals surface area (Å²) >= 11 is 0. The van der Waals surface area contributed by atoms with Crippen LogP contribution in [0.4, 0.5) is 0 Å². The van der Waals surface area contributed by atoms with E-state index in [2.05, 4.69) is 67.3 Å². The Morgan fingerprint density at radius 3 is 1.84 bits per heavy atom. The van der Waals surface area contributed by atoms with Crippen molar-refractivity contribution in [2.24, 2.45) is 23.2 Å². The van der Waals surface area contributed by atoms with Crippen molar-refractivity contribution < 1.29 is 0 Å². The van der Waals surface area contributed by atoms with Crippen LogP contribution >= 0.6 is 0 Å². The molecule has 3 atom stereocenters. The topological polar surface area (TPSA) is 3.24 Å². The molecule has 0 aromatic carbocycles. The second kappa shape index (κ2) is 8.29. The predicted octanol–water partition coefficient (Wildman–Crippen LogP) is 5.45. The van der Waals surface area contributed by atoms with Crippen LogP contribution in [-0.4, -0.2) is 24.5 Å². The van der Waals surface area contributed by atoms with Crippen LogP contribution in [0.2, 0.25) is 0 Å². The fourth-order valence-corrected chi connectivity index (χ4v) is 3.14. The summed E-state index contributed by atoms with van der Waals surface area (Å²) in [5.41, 5.74) is 0.442. The molecule has 3 unspecified atom stereocenters. The zero-order valence-electron chi connectivity index (χ0n) is 15.1. The number of hydrogen-bond donors (Lipinski definition) is 0. The second-order valence-electron chi connectivity index (χ2n) is 8.21. The predicted molar refractivity (Wildman–Crippen MR) is 88.6 cm³/mol. The maximum Gasteiger partial charge on any atom is 0.00356 e. The van der Waals surface area contributed by atoms with Crippen molar-refractivity contribution in [3.8, 4) is 0 Å². The van der Waals surface area contributed by atoms with Crippen LogP contribution in [0.1, 0.15) is 74.7 Å². The van der Waals surface area contributed by atoms with Gasteiger partial charge in [-0.3, -0.25) is 0 Å². The van der Waals surface area contributed by atoms with Gasteiger partial charge in [-0.1, -0.05) is 54.4 Å². The highest BCUT2D eigenvalue weighted by atomic mass is 15.1. The maximum atomic E-state index is 2.50. The van der Waals surface area contributed by atoms with E-state index in [0.717, 1.165) is 17.8 Å². The van der Waals surface area contributed by atoms with Crippen LogP contribution in [0.25, 0.3) is 0 Å². The average molecular weight is 270 g/mol. The molecule has 0 fully saturated rings. The van der Waals surface area contributed by atoms with Gasteiger partial charge in [-0.25, -0.2) is 0 Å². The van der Waals surface area contributed by atoms with E-state index in [1.54, 1.807) is 0 Å². The van der Waals surface area contributed by atoms with Gasteiger partial charge in [0.25, 0.3) is 0 Å². The maximum absolute atomic E-state index is 2.50. The van der Waals surface area contributed by atoms with Gasteiger partial charge in [0.15, 0.2) is 0 Å².